The third-order valence-corrected chi connectivity index (χ3v) is 4.74. The van der Waals surface area contributed by atoms with Crippen LogP contribution in [-0.2, 0) is 4.74 Å². The van der Waals surface area contributed by atoms with Gasteiger partial charge in [-0.25, -0.2) is 4.98 Å². The van der Waals surface area contributed by atoms with Crippen molar-refractivity contribution in [3.63, 3.8) is 0 Å². The number of aromatic amines is 1. The molecule has 1 aromatic carbocycles. The van der Waals surface area contributed by atoms with Crippen LogP contribution in [0, 0.1) is 5.92 Å². The Bertz CT molecular complexity index is 649. The highest BCUT2D eigenvalue weighted by atomic mass is 16.5. The molecule has 1 atom stereocenters. The SMILES string of the molecule is COc1ccc(-c2cnc([C@@H]3COCCN3CC3CC3)[nH]2)cc1. The van der Waals surface area contributed by atoms with Crippen LogP contribution >= 0.6 is 0 Å². The predicted molar refractivity (Wildman–Crippen MR) is 88.4 cm³/mol. The second-order valence-corrected chi connectivity index (χ2v) is 6.44. The van der Waals surface area contributed by atoms with Crippen molar-refractivity contribution in [1.29, 1.82) is 0 Å². The predicted octanol–water partition coefficient (Wildman–Crippen LogP) is 2.87. The molecule has 0 amide bonds. The number of nitrogens with one attached hydrogen (secondary N) is 1. The van der Waals surface area contributed by atoms with Crippen molar-refractivity contribution in [1.82, 2.24) is 14.9 Å². The summed E-state index contributed by atoms with van der Waals surface area (Å²) in [5.74, 6) is 2.76. The molecule has 2 heterocycles. The highest BCUT2D eigenvalue weighted by Crippen LogP contribution is 2.33. The third-order valence-electron chi connectivity index (χ3n) is 4.74. The van der Waals surface area contributed by atoms with Crippen LogP contribution in [0.5, 0.6) is 5.75 Å². The van der Waals surface area contributed by atoms with Crippen molar-refractivity contribution in [3.05, 3.63) is 36.3 Å². The van der Waals surface area contributed by atoms with Crippen LogP contribution in [0.4, 0.5) is 0 Å². The first-order valence-electron chi connectivity index (χ1n) is 8.34. The molecule has 1 saturated heterocycles. The van der Waals surface area contributed by atoms with Crippen LogP contribution < -0.4 is 4.74 Å². The number of nitrogens with zero attached hydrogens (tertiary/aromatic N) is 2. The summed E-state index contributed by atoms with van der Waals surface area (Å²) in [7, 11) is 1.68. The van der Waals surface area contributed by atoms with Gasteiger partial charge in [-0.15, -0.1) is 0 Å². The Morgan fingerprint density at radius 1 is 1.30 bits per heavy atom. The number of morpholine rings is 1. The van der Waals surface area contributed by atoms with Crippen LogP contribution in [0.25, 0.3) is 11.3 Å². The van der Waals surface area contributed by atoms with Gasteiger partial charge in [0, 0.05) is 13.1 Å². The number of hydrogen-bond donors (Lipinski definition) is 1. The molecule has 5 nitrogen and oxygen atoms in total. The second kappa shape index (κ2) is 6.34. The molecular formula is C18H23N3O2. The minimum Gasteiger partial charge on any atom is -0.497 e. The molecule has 1 aliphatic carbocycles. The Morgan fingerprint density at radius 2 is 2.13 bits per heavy atom. The maximum Gasteiger partial charge on any atom is 0.126 e. The smallest absolute Gasteiger partial charge is 0.126 e. The maximum atomic E-state index is 5.70. The number of H-pyrrole nitrogens is 1. The van der Waals surface area contributed by atoms with E-state index in [-0.39, 0.29) is 6.04 Å². The van der Waals surface area contributed by atoms with E-state index < -0.39 is 0 Å². The molecule has 0 unspecified atom stereocenters. The van der Waals surface area contributed by atoms with Gasteiger partial charge in [0.05, 0.1) is 38.3 Å². The van der Waals surface area contributed by atoms with Crippen molar-refractivity contribution in [3.8, 4) is 17.0 Å². The molecule has 2 aliphatic rings. The van der Waals surface area contributed by atoms with E-state index >= 15 is 0 Å². The molecule has 1 aromatic heterocycles. The van der Waals surface area contributed by atoms with Crippen molar-refractivity contribution in [2.45, 2.75) is 18.9 Å². The Kier molecular flexibility index (Phi) is 4.06. The average molecular weight is 313 g/mol. The Balaban J connectivity index is 1.53. The summed E-state index contributed by atoms with van der Waals surface area (Å²) in [6.07, 6.45) is 4.67. The molecule has 4 rings (SSSR count). The molecule has 2 fully saturated rings. The van der Waals surface area contributed by atoms with E-state index in [2.05, 4.69) is 27.0 Å². The number of methoxy groups -OCH3 is 1. The molecule has 0 radical (unpaired) electrons. The van der Waals surface area contributed by atoms with Crippen LogP contribution in [-0.4, -0.2) is 48.3 Å². The Labute approximate surface area is 136 Å². The van der Waals surface area contributed by atoms with Crippen molar-refractivity contribution in [2.75, 3.05) is 33.4 Å². The standard InChI is InChI=1S/C18H23N3O2/c1-22-15-6-4-14(5-7-15)16-10-19-18(20-16)17-12-23-9-8-21(17)11-13-2-3-13/h4-7,10,13,17H,2-3,8-9,11-12H2,1H3,(H,19,20)/t17-/m0/s1. The fourth-order valence-corrected chi connectivity index (χ4v) is 3.16. The average Bonchev–Trinajstić information content (AvgIpc) is 3.28. The molecule has 1 N–H and O–H groups in total. The lowest BCUT2D eigenvalue weighted by Gasteiger charge is -2.34. The summed E-state index contributed by atoms with van der Waals surface area (Å²) in [6.45, 7) is 3.73. The Hall–Kier alpha value is -1.85. The van der Waals surface area contributed by atoms with Gasteiger partial charge >= 0.3 is 0 Å². The molecule has 2 aromatic rings. The van der Waals surface area contributed by atoms with Crippen LogP contribution in [0.1, 0.15) is 24.7 Å². The number of imidazole rings is 1. The fourth-order valence-electron chi connectivity index (χ4n) is 3.16. The lowest BCUT2D eigenvalue weighted by molar-refractivity contribution is -0.0134. The quantitative estimate of drug-likeness (QED) is 0.922. The molecule has 1 saturated carbocycles. The summed E-state index contributed by atoms with van der Waals surface area (Å²) < 4.78 is 10.9. The van der Waals surface area contributed by atoms with E-state index in [0.717, 1.165) is 48.5 Å². The van der Waals surface area contributed by atoms with E-state index in [1.54, 1.807) is 7.11 Å². The van der Waals surface area contributed by atoms with Gasteiger partial charge in [-0.05, 0) is 48.6 Å². The highest BCUT2D eigenvalue weighted by molar-refractivity contribution is 5.59. The first kappa shape index (κ1) is 14.7. The van der Waals surface area contributed by atoms with Crippen LogP contribution in [0.3, 0.4) is 0 Å². The molecular weight excluding hydrogens is 290 g/mol. The van der Waals surface area contributed by atoms with E-state index in [0.29, 0.717) is 0 Å². The number of hydrogen-bond acceptors (Lipinski definition) is 4. The van der Waals surface area contributed by atoms with Crippen molar-refractivity contribution >= 4 is 0 Å². The first-order chi connectivity index (χ1) is 11.3. The topological polar surface area (TPSA) is 50.4 Å². The van der Waals surface area contributed by atoms with Gasteiger partial charge in [0.25, 0.3) is 0 Å². The zero-order valence-electron chi connectivity index (χ0n) is 13.5. The summed E-state index contributed by atoms with van der Waals surface area (Å²) >= 11 is 0. The molecule has 0 spiro atoms. The van der Waals surface area contributed by atoms with Gasteiger partial charge < -0.3 is 14.5 Å². The van der Waals surface area contributed by atoms with E-state index in [1.165, 1.54) is 19.4 Å². The summed E-state index contributed by atoms with van der Waals surface area (Å²) in [5.41, 5.74) is 2.16. The van der Waals surface area contributed by atoms with Gasteiger partial charge in [-0.1, -0.05) is 0 Å². The molecule has 0 bridgehead atoms. The van der Waals surface area contributed by atoms with Crippen LogP contribution in [0.15, 0.2) is 30.5 Å². The third kappa shape index (κ3) is 3.26. The van der Waals surface area contributed by atoms with Gasteiger partial charge in [0.1, 0.15) is 11.6 Å². The Morgan fingerprint density at radius 3 is 2.87 bits per heavy atom. The van der Waals surface area contributed by atoms with E-state index in [1.807, 2.05) is 18.3 Å². The van der Waals surface area contributed by atoms with Gasteiger partial charge in [0.15, 0.2) is 0 Å². The normalized spacial score (nSPS) is 22.2. The zero-order valence-corrected chi connectivity index (χ0v) is 13.5. The van der Waals surface area contributed by atoms with Crippen LogP contribution in [0.2, 0.25) is 0 Å². The number of ether oxygens (including phenoxy) is 2. The van der Waals surface area contributed by atoms with E-state index in [4.69, 9.17) is 9.47 Å². The van der Waals surface area contributed by atoms with Crippen molar-refractivity contribution in [2.24, 2.45) is 5.92 Å². The number of aromatic nitrogens is 2. The molecule has 5 heteroatoms. The van der Waals surface area contributed by atoms with Gasteiger partial charge in [-0.3, -0.25) is 4.90 Å². The lowest BCUT2D eigenvalue weighted by Crippen LogP contribution is -2.41. The highest BCUT2D eigenvalue weighted by Gasteiger charge is 2.32. The van der Waals surface area contributed by atoms with Gasteiger partial charge in [-0.2, -0.15) is 0 Å². The zero-order chi connectivity index (χ0) is 15.6. The lowest BCUT2D eigenvalue weighted by atomic mass is 10.1. The monoisotopic (exact) mass is 313 g/mol. The summed E-state index contributed by atoms with van der Waals surface area (Å²) in [5, 5.41) is 0. The summed E-state index contributed by atoms with van der Waals surface area (Å²) in [6, 6.07) is 8.29. The minimum absolute atomic E-state index is 0.247. The largest absolute Gasteiger partial charge is 0.497 e. The summed E-state index contributed by atoms with van der Waals surface area (Å²) in [4.78, 5) is 10.6. The van der Waals surface area contributed by atoms with Gasteiger partial charge in [0.2, 0.25) is 0 Å². The maximum absolute atomic E-state index is 5.70. The number of rotatable bonds is 5. The first-order valence-corrected chi connectivity index (χ1v) is 8.34. The molecule has 122 valence electrons. The van der Waals surface area contributed by atoms with E-state index in [9.17, 15) is 0 Å². The minimum atomic E-state index is 0.247. The fraction of sp³-hybridized carbons (Fsp3) is 0.500. The molecule has 1 aliphatic heterocycles. The van der Waals surface area contributed by atoms with Crippen molar-refractivity contribution < 1.29 is 9.47 Å². The second-order valence-electron chi connectivity index (χ2n) is 6.44. The molecule has 23 heavy (non-hydrogen) atoms. The number of benzene rings is 1.